The Labute approximate surface area is 70.4 Å². The molecule has 0 fully saturated rings. The van der Waals surface area contributed by atoms with E-state index in [9.17, 15) is 8.78 Å². The number of ether oxygens (including phenoxy) is 1. The van der Waals surface area contributed by atoms with Crippen molar-refractivity contribution < 1.29 is 13.5 Å². The third-order valence-electron chi connectivity index (χ3n) is 1.82. The van der Waals surface area contributed by atoms with Gasteiger partial charge in [0.1, 0.15) is 11.8 Å². The van der Waals surface area contributed by atoms with Crippen molar-refractivity contribution in [2.24, 2.45) is 5.73 Å². The van der Waals surface area contributed by atoms with Crippen LogP contribution >= 0.6 is 0 Å². The molecule has 1 atom stereocenters. The van der Waals surface area contributed by atoms with E-state index in [2.05, 4.69) is 0 Å². The Bertz CT molecular complexity index is 186. The average molecular weight is 177 g/mol. The van der Waals surface area contributed by atoms with Gasteiger partial charge in [0.2, 0.25) is 0 Å². The molecule has 0 aliphatic carbocycles. The van der Waals surface area contributed by atoms with Crippen LogP contribution in [-0.4, -0.2) is 18.6 Å². The van der Waals surface area contributed by atoms with Crippen molar-refractivity contribution in [1.82, 2.24) is 0 Å². The molecular formula is C8H13F2NO. The van der Waals surface area contributed by atoms with E-state index < -0.39 is 12.0 Å². The van der Waals surface area contributed by atoms with E-state index in [-0.39, 0.29) is 5.76 Å². The van der Waals surface area contributed by atoms with Gasteiger partial charge in [-0.3, -0.25) is 0 Å². The highest BCUT2D eigenvalue weighted by atomic mass is 19.3. The molecule has 0 amide bonds. The summed E-state index contributed by atoms with van der Waals surface area (Å²) in [7, 11) is 0. The maximum atomic E-state index is 12.7. The SMILES string of the molecule is CC(F)(F)C(N)C1=CCCCO1. The smallest absolute Gasteiger partial charge is 0.267 e. The summed E-state index contributed by atoms with van der Waals surface area (Å²) in [6, 6.07) is -1.29. The van der Waals surface area contributed by atoms with Gasteiger partial charge >= 0.3 is 0 Å². The molecule has 2 nitrogen and oxygen atoms in total. The molecule has 2 N–H and O–H groups in total. The second kappa shape index (κ2) is 3.39. The van der Waals surface area contributed by atoms with E-state index in [1.54, 1.807) is 6.08 Å². The first-order valence-corrected chi connectivity index (χ1v) is 3.98. The molecule has 1 unspecified atom stereocenters. The summed E-state index contributed by atoms with van der Waals surface area (Å²) in [6.45, 7) is 1.30. The third-order valence-corrected chi connectivity index (χ3v) is 1.82. The van der Waals surface area contributed by atoms with Crippen LogP contribution in [0.3, 0.4) is 0 Å². The van der Waals surface area contributed by atoms with Crippen molar-refractivity contribution in [2.45, 2.75) is 31.7 Å². The lowest BCUT2D eigenvalue weighted by atomic mass is 10.1. The largest absolute Gasteiger partial charge is 0.496 e. The number of hydrogen-bond donors (Lipinski definition) is 1. The highest BCUT2D eigenvalue weighted by molar-refractivity contribution is 5.08. The van der Waals surface area contributed by atoms with E-state index in [0.717, 1.165) is 19.8 Å². The summed E-state index contributed by atoms with van der Waals surface area (Å²) in [4.78, 5) is 0. The lowest BCUT2D eigenvalue weighted by Crippen LogP contribution is -2.41. The quantitative estimate of drug-likeness (QED) is 0.696. The highest BCUT2D eigenvalue weighted by Crippen LogP contribution is 2.24. The molecule has 1 heterocycles. The van der Waals surface area contributed by atoms with E-state index in [4.69, 9.17) is 10.5 Å². The minimum absolute atomic E-state index is 0.230. The maximum Gasteiger partial charge on any atom is 0.267 e. The fraction of sp³-hybridized carbons (Fsp3) is 0.750. The predicted octanol–water partition coefficient (Wildman–Crippen LogP) is 1.66. The van der Waals surface area contributed by atoms with Crippen LogP contribution in [0.4, 0.5) is 8.78 Å². The van der Waals surface area contributed by atoms with Crippen molar-refractivity contribution in [3.8, 4) is 0 Å². The van der Waals surface area contributed by atoms with Crippen molar-refractivity contribution in [3.63, 3.8) is 0 Å². The second-order valence-corrected chi connectivity index (χ2v) is 3.03. The molecule has 0 spiro atoms. The predicted molar refractivity (Wildman–Crippen MR) is 41.9 cm³/mol. The first-order valence-electron chi connectivity index (χ1n) is 3.98. The minimum atomic E-state index is -2.90. The Hall–Kier alpha value is -0.640. The van der Waals surface area contributed by atoms with Crippen LogP contribution in [0.1, 0.15) is 19.8 Å². The summed E-state index contributed by atoms with van der Waals surface area (Å²) < 4.78 is 30.3. The molecular weight excluding hydrogens is 164 g/mol. The highest BCUT2D eigenvalue weighted by Gasteiger charge is 2.35. The molecule has 0 aromatic heterocycles. The molecule has 0 saturated heterocycles. The second-order valence-electron chi connectivity index (χ2n) is 3.03. The van der Waals surface area contributed by atoms with E-state index in [1.165, 1.54) is 0 Å². The number of rotatable bonds is 2. The first-order chi connectivity index (χ1) is 5.52. The van der Waals surface area contributed by atoms with Gasteiger partial charge in [-0.2, -0.15) is 0 Å². The zero-order valence-corrected chi connectivity index (χ0v) is 7.02. The Morgan fingerprint density at radius 1 is 1.67 bits per heavy atom. The van der Waals surface area contributed by atoms with Crippen molar-refractivity contribution in [3.05, 3.63) is 11.8 Å². The lowest BCUT2D eigenvalue weighted by molar-refractivity contribution is -0.0144. The Morgan fingerprint density at radius 2 is 2.33 bits per heavy atom. The normalized spacial score (nSPS) is 21.2. The standard InChI is InChI=1S/C8H13F2NO/c1-8(9,10)7(11)6-4-2-3-5-12-6/h4,7H,2-3,5,11H2,1H3. The minimum Gasteiger partial charge on any atom is -0.496 e. The van der Waals surface area contributed by atoms with Crippen molar-refractivity contribution >= 4 is 0 Å². The van der Waals surface area contributed by atoms with Crippen molar-refractivity contribution in [2.75, 3.05) is 6.61 Å². The number of alkyl halides is 2. The summed E-state index contributed by atoms with van der Waals surface area (Å²) in [6.07, 6.45) is 3.30. The fourth-order valence-corrected chi connectivity index (χ4v) is 1.04. The Morgan fingerprint density at radius 3 is 2.75 bits per heavy atom. The maximum absolute atomic E-state index is 12.7. The Balaban J connectivity index is 2.62. The van der Waals surface area contributed by atoms with Gasteiger partial charge in [-0.25, -0.2) is 8.78 Å². The molecule has 0 bridgehead atoms. The number of allylic oxidation sites excluding steroid dienone is 1. The molecule has 1 rings (SSSR count). The summed E-state index contributed by atoms with van der Waals surface area (Å²) in [5.74, 6) is -2.67. The van der Waals surface area contributed by atoms with Crippen LogP contribution < -0.4 is 5.73 Å². The van der Waals surface area contributed by atoms with E-state index >= 15 is 0 Å². The first kappa shape index (κ1) is 9.45. The van der Waals surface area contributed by atoms with Gasteiger partial charge in [0.25, 0.3) is 5.92 Å². The van der Waals surface area contributed by atoms with E-state index in [1.807, 2.05) is 0 Å². The molecule has 0 saturated carbocycles. The van der Waals surface area contributed by atoms with Gasteiger partial charge in [-0.15, -0.1) is 0 Å². The molecule has 1 aliphatic rings. The van der Waals surface area contributed by atoms with Crippen LogP contribution in [0.25, 0.3) is 0 Å². The molecule has 1 aliphatic heterocycles. The summed E-state index contributed by atoms with van der Waals surface area (Å²) in [5, 5.41) is 0. The zero-order valence-electron chi connectivity index (χ0n) is 7.02. The number of hydrogen-bond acceptors (Lipinski definition) is 2. The van der Waals surface area contributed by atoms with Gasteiger partial charge in [0.15, 0.2) is 0 Å². The summed E-state index contributed by atoms with van der Waals surface area (Å²) >= 11 is 0. The van der Waals surface area contributed by atoms with Crippen LogP contribution in [0, 0.1) is 0 Å². The van der Waals surface area contributed by atoms with Gasteiger partial charge in [0, 0.05) is 6.92 Å². The van der Waals surface area contributed by atoms with Crippen LogP contribution in [0.5, 0.6) is 0 Å². The Kier molecular flexibility index (Phi) is 2.67. The molecule has 12 heavy (non-hydrogen) atoms. The van der Waals surface area contributed by atoms with Crippen LogP contribution in [-0.2, 0) is 4.74 Å². The monoisotopic (exact) mass is 177 g/mol. The lowest BCUT2D eigenvalue weighted by Gasteiger charge is -2.24. The molecule has 0 aromatic rings. The summed E-state index contributed by atoms with van der Waals surface area (Å²) in [5.41, 5.74) is 5.28. The molecule has 4 heteroatoms. The average Bonchev–Trinajstić information content (AvgIpc) is 2.03. The van der Waals surface area contributed by atoms with Gasteiger partial charge < -0.3 is 10.5 Å². The van der Waals surface area contributed by atoms with Crippen molar-refractivity contribution in [1.29, 1.82) is 0 Å². The third kappa shape index (κ3) is 2.17. The van der Waals surface area contributed by atoms with Crippen LogP contribution in [0.2, 0.25) is 0 Å². The molecule has 0 aromatic carbocycles. The number of nitrogens with two attached hydrogens (primary N) is 1. The topological polar surface area (TPSA) is 35.2 Å². The number of halogens is 2. The zero-order chi connectivity index (χ0) is 9.19. The van der Waals surface area contributed by atoms with Gasteiger partial charge in [-0.05, 0) is 18.9 Å². The van der Waals surface area contributed by atoms with Gasteiger partial charge in [0.05, 0.1) is 6.61 Å². The van der Waals surface area contributed by atoms with E-state index in [0.29, 0.717) is 6.61 Å². The molecule has 0 radical (unpaired) electrons. The fourth-order valence-electron chi connectivity index (χ4n) is 1.04. The van der Waals surface area contributed by atoms with Gasteiger partial charge in [-0.1, -0.05) is 0 Å². The molecule has 70 valence electrons. The van der Waals surface area contributed by atoms with Crippen LogP contribution in [0.15, 0.2) is 11.8 Å².